The van der Waals surface area contributed by atoms with Crippen LogP contribution in [0.1, 0.15) is 20.9 Å². The first-order chi connectivity index (χ1) is 11.6. The van der Waals surface area contributed by atoms with Crippen molar-refractivity contribution in [2.45, 2.75) is 6.92 Å². The lowest BCUT2D eigenvalue weighted by atomic mass is 10.2. The van der Waals surface area contributed by atoms with Crippen LogP contribution < -0.4 is 5.43 Å². The zero-order valence-corrected chi connectivity index (χ0v) is 14.2. The molecule has 0 spiro atoms. The van der Waals surface area contributed by atoms with Gasteiger partial charge in [0.1, 0.15) is 15.6 Å². The number of aryl methyl sites for hydroxylation is 1. The Morgan fingerprint density at radius 3 is 2.92 bits per heavy atom. The third kappa shape index (κ3) is 3.64. The minimum atomic E-state index is -0.330. The van der Waals surface area contributed by atoms with Crippen molar-refractivity contribution in [3.8, 4) is 10.7 Å². The van der Waals surface area contributed by atoms with Crippen molar-refractivity contribution in [1.29, 1.82) is 0 Å². The molecule has 0 saturated heterocycles. The Kier molecular flexibility index (Phi) is 4.93. The number of hydrogen-bond acceptors (Lipinski definition) is 6. The lowest BCUT2D eigenvalue weighted by molar-refractivity contribution is 0.0958. The first-order valence-corrected chi connectivity index (χ1v) is 8.16. The Labute approximate surface area is 147 Å². The summed E-state index contributed by atoms with van der Waals surface area (Å²) in [5.74, 6) is -0.330. The van der Waals surface area contributed by atoms with E-state index in [2.05, 4.69) is 25.5 Å². The average molecular weight is 358 g/mol. The number of hydrogen-bond donors (Lipinski definition) is 1. The highest BCUT2D eigenvalue weighted by atomic mass is 35.5. The molecule has 1 aromatic carbocycles. The Balaban J connectivity index is 1.74. The summed E-state index contributed by atoms with van der Waals surface area (Å²) in [5.41, 5.74) is 4.46. The molecule has 24 heavy (non-hydrogen) atoms. The van der Waals surface area contributed by atoms with E-state index in [1.165, 1.54) is 17.6 Å². The maximum absolute atomic E-state index is 12.3. The van der Waals surface area contributed by atoms with Crippen LogP contribution in [0, 0.1) is 6.92 Å². The van der Waals surface area contributed by atoms with Gasteiger partial charge >= 0.3 is 0 Å². The second-order valence-electron chi connectivity index (χ2n) is 4.74. The normalized spacial score (nSPS) is 10.9. The minimum Gasteiger partial charge on any atom is -0.266 e. The van der Waals surface area contributed by atoms with Gasteiger partial charge in [-0.1, -0.05) is 29.8 Å². The molecule has 0 aliphatic heterocycles. The summed E-state index contributed by atoms with van der Waals surface area (Å²) in [5, 5.41) is 5.15. The van der Waals surface area contributed by atoms with Crippen LogP contribution in [0.5, 0.6) is 0 Å². The van der Waals surface area contributed by atoms with E-state index in [4.69, 9.17) is 11.6 Å². The maximum Gasteiger partial charge on any atom is 0.283 e. The Morgan fingerprint density at radius 2 is 2.17 bits per heavy atom. The highest BCUT2D eigenvalue weighted by Crippen LogP contribution is 2.25. The Morgan fingerprint density at radius 1 is 1.33 bits per heavy atom. The minimum absolute atomic E-state index is 0.330. The number of carbonyl (C=O) groups excluding carboxylic acids is 1. The summed E-state index contributed by atoms with van der Waals surface area (Å²) in [7, 11) is 0. The molecule has 8 heteroatoms. The van der Waals surface area contributed by atoms with E-state index in [1.807, 2.05) is 18.2 Å². The van der Waals surface area contributed by atoms with Gasteiger partial charge in [0.15, 0.2) is 0 Å². The summed E-state index contributed by atoms with van der Waals surface area (Å²) < 4.78 is 0. The monoisotopic (exact) mass is 357 g/mol. The Bertz CT molecular complexity index is 894. The molecule has 0 fully saturated rings. The molecule has 6 nitrogen and oxygen atoms in total. The number of nitrogens with zero attached hydrogens (tertiary/aromatic N) is 4. The predicted octanol–water partition coefficient (Wildman–Crippen LogP) is 3.33. The predicted molar refractivity (Wildman–Crippen MR) is 94.4 cm³/mol. The van der Waals surface area contributed by atoms with Crippen LogP contribution in [0.2, 0.25) is 5.02 Å². The number of benzene rings is 1. The van der Waals surface area contributed by atoms with Crippen molar-refractivity contribution < 1.29 is 4.79 Å². The molecule has 0 atom stereocenters. The highest BCUT2D eigenvalue weighted by molar-refractivity contribution is 7.17. The summed E-state index contributed by atoms with van der Waals surface area (Å²) in [6.07, 6.45) is 6.27. The summed E-state index contributed by atoms with van der Waals surface area (Å²) >= 11 is 7.27. The van der Waals surface area contributed by atoms with Gasteiger partial charge in [-0.05, 0) is 13.0 Å². The van der Waals surface area contributed by atoms with Crippen molar-refractivity contribution in [2.75, 3.05) is 0 Å². The lowest BCUT2D eigenvalue weighted by Crippen LogP contribution is -2.17. The molecule has 0 aliphatic carbocycles. The fourth-order valence-corrected chi connectivity index (χ4v) is 3.02. The van der Waals surface area contributed by atoms with E-state index in [0.717, 1.165) is 5.56 Å². The molecular formula is C16H12ClN5OS. The van der Waals surface area contributed by atoms with Gasteiger partial charge in [0.25, 0.3) is 5.91 Å². The van der Waals surface area contributed by atoms with Crippen LogP contribution in [-0.2, 0) is 0 Å². The number of halogens is 1. The molecule has 120 valence electrons. The summed E-state index contributed by atoms with van der Waals surface area (Å²) in [6, 6.07) is 7.23. The fourth-order valence-electron chi connectivity index (χ4n) is 1.92. The molecule has 3 aromatic rings. The van der Waals surface area contributed by atoms with Crippen molar-refractivity contribution in [3.05, 3.63) is 64.0 Å². The summed E-state index contributed by atoms with van der Waals surface area (Å²) in [6.45, 7) is 1.77. The lowest BCUT2D eigenvalue weighted by Gasteiger charge is -1.98. The molecule has 0 bridgehead atoms. The van der Waals surface area contributed by atoms with Crippen molar-refractivity contribution in [2.24, 2.45) is 5.10 Å². The second kappa shape index (κ2) is 7.29. The van der Waals surface area contributed by atoms with Gasteiger partial charge < -0.3 is 0 Å². The third-order valence-electron chi connectivity index (χ3n) is 3.06. The largest absolute Gasteiger partial charge is 0.283 e. The SMILES string of the molecule is Cc1nc(-c2cnccn2)sc1C(=O)NN=Cc1ccccc1Cl. The van der Waals surface area contributed by atoms with Crippen molar-refractivity contribution in [1.82, 2.24) is 20.4 Å². The van der Waals surface area contributed by atoms with Gasteiger partial charge in [0, 0.05) is 23.0 Å². The third-order valence-corrected chi connectivity index (χ3v) is 4.58. The van der Waals surface area contributed by atoms with Gasteiger partial charge in [-0.15, -0.1) is 11.3 Å². The van der Waals surface area contributed by atoms with E-state index in [9.17, 15) is 4.79 Å². The van der Waals surface area contributed by atoms with Gasteiger partial charge in [-0.3, -0.25) is 14.8 Å². The molecule has 2 aromatic heterocycles. The zero-order chi connectivity index (χ0) is 16.9. The van der Waals surface area contributed by atoms with E-state index in [0.29, 0.717) is 26.3 Å². The smallest absolute Gasteiger partial charge is 0.266 e. The van der Waals surface area contributed by atoms with Crippen LogP contribution in [0.25, 0.3) is 10.7 Å². The number of nitrogens with one attached hydrogen (secondary N) is 1. The first-order valence-electron chi connectivity index (χ1n) is 6.97. The maximum atomic E-state index is 12.3. The molecular weight excluding hydrogens is 346 g/mol. The molecule has 1 N–H and O–H groups in total. The number of thiazole rings is 1. The first kappa shape index (κ1) is 16.2. The fraction of sp³-hybridized carbons (Fsp3) is 0.0625. The van der Waals surface area contributed by atoms with Gasteiger partial charge in [-0.25, -0.2) is 10.4 Å². The quantitative estimate of drug-likeness (QED) is 0.573. The van der Waals surface area contributed by atoms with Crippen molar-refractivity contribution >= 4 is 35.1 Å². The number of amides is 1. The number of aromatic nitrogens is 3. The number of rotatable bonds is 4. The van der Waals surface area contributed by atoms with E-state index >= 15 is 0 Å². The zero-order valence-electron chi connectivity index (χ0n) is 12.6. The van der Waals surface area contributed by atoms with Gasteiger partial charge in [-0.2, -0.15) is 5.10 Å². The summed E-state index contributed by atoms with van der Waals surface area (Å²) in [4.78, 5) is 25.3. The number of carbonyl (C=O) groups is 1. The molecule has 1 amide bonds. The van der Waals surface area contributed by atoms with Crippen molar-refractivity contribution in [3.63, 3.8) is 0 Å². The van der Waals surface area contributed by atoms with E-state index in [1.54, 1.807) is 31.6 Å². The molecule has 0 radical (unpaired) electrons. The highest BCUT2D eigenvalue weighted by Gasteiger charge is 2.16. The van der Waals surface area contributed by atoms with Crippen LogP contribution in [0.15, 0.2) is 48.0 Å². The van der Waals surface area contributed by atoms with Gasteiger partial charge in [0.2, 0.25) is 0 Å². The molecule has 3 rings (SSSR count). The van der Waals surface area contributed by atoms with E-state index in [-0.39, 0.29) is 5.91 Å². The molecule has 0 aliphatic rings. The van der Waals surface area contributed by atoms with Crippen LogP contribution in [0.4, 0.5) is 0 Å². The Hall–Kier alpha value is -2.64. The standard InChI is InChI=1S/C16H12ClN5OS/c1-10-14(24-16(21-10)13-9-18-6-7-19-13)15(23)22-20-8-11-4-2-3-5-12(11)17/h2-9H,1H3,(H,22,23). The van der Waals surface area contributed by atoms with Gasteiger partial charge in [0.05, 0.1) is 18.1 Å². The average Bonchev–Trinajstić information content (AvgIpc) is 2.99. The topological polar surface area (TPSA) is 80.1 Å². The van der Waals surface area contributed by atoms with E-state index < -0.39 is 0 Å². The molecule has 0 unspecified atom stereocenters. The number of hydrazone groups is 1. The van der Waals surface area contributed by atoms with Crippen LogP contribution in [-0.4, -0.2) is 27.1 Å². The van der Waals surface area contributed by atoms with Crippen LogP contribution in [0.3, 0.4) is 0 Å². The molecule has 0 saturated carbocycles. The second-order valence-corrected chi connectivity index (χ2v) is 6.15. The van der Waals surface area contributed by atoms with Crippen LogP contribution >= 0.6 is 22.9 Å². The molecule has 2 heterocycles.